The van der Waals surface area contributed by atoms with Crippen LogP contribution in [0.2, 0.25) is 0 Å². The second kappa shape index (κ2) is 6.59. The van der Waals surface area contributed by atoms with Gasteiger partial charge in [0.15, 0.2) is 0 Å². The molecule has 1 aromatic carbocycles. The number of hydrogen-bond acceptors (Lipinski definition) is 3. The first kappa shape index (κ1) is 16.4. The van der Waals surface area contributed by atoms with Crippen LogP contribution in [0.1, 0.15) is 29.7 Å². The van der Waals surface area contributed by atoms with Crippen LogP contribution in [0.5, 0.6) is 0 Å². The Labute approximate surface area is 141 Å². The average Bonchev–Trinajstić information content (AvgIpc) is 2.58. The Balaban J connectivity index is 1.78. The Morgan fingerprint density at radius 1 is 1.21 bits per heavy atom. The zero-order chi connectivity index (χ0) is 17.3. The summed E-state index contributed by atoms with van der Waals surface area (Å²) in [7, 11) is 0. The highest BCUT2D eigenvalue weighted by atomic mass is 16.4. The van der Waals surface area contributed by atoms with Crippen LogP contribution in [0.15, 0.2) is 24.3 Å². The number of carboxylic acid groups (broad SMARTS) is 1. The van der Waals surface area contributed by atoms with E-state index in [0.717, 1.165) is 27.7 Å². The van der Waals surface area contributed by atoms with Crippen LogP contribution in [0.3, 0.4) is 0 Å². The van der Waals surface area contributed by atoms with Gasteiger partial charge in [-0.15, -0.1) is 0 Å². The van der Waals surface area contributed by atoms with Crippen LogP contribution in [0.25, 0.3) is 10.9 Å². The third-order valence-corrected chi connectivity index (χ3v) is 5.01. The summed E-state index contributed by atoms with van der Waals surface area (Å²) in [5.74, 6) is -1.02. The van der Waals surface area contributed by atoms with Gasteiger partial charge in [0.1, 0.15) is 0 Å². The molecule has 2 heterocycles. The second-order valence-corrected chi connectivity index (χ2v) is 6.49. The van der Waals surface area contributed by atoms with Crippen molar-refractivity contribution in [3.8, 4) is 0 Å². The lowest BCUT2D eigenvalue weighted by Crippen LogP contribution is -2.41. The standard InChI is InChI=1S/C19H22N2O3/c1-12-15-5-3-4-6-17(15)20-13(2)16(12)11-18(22)21-9-7-14(8-10-21)19(23)24/h3-6,14H,7-11H2,1-2H3,(H,23,24). The molecular weight excluding hydrogens is 304 g/mol. The van der Waals surface area contributed by atoms with E-state index in [1.54, 1.807) is 4.90 Å². The molecule has 3 rings (SSSR count). The average molecular weight is 326 g/mol. The van der Waals surface area contributed by atoms with Gasteiger partial charge in [-0.05, 0) is 43.9 Å². The molecule has 0 atom stereocenters. The first-order valence-corrected chi connectivity index (χ1v) is 8.32. The minimum Gasteiger partial charge on any atom is -0.481 e. The van der Waals surface area contributed by atoms with E-state index in [2.05, 4.69) is 4.98 Å². The number of aromatic nitrogens is 1. The number of hydrogen-bond donors (Lipinski definition) is 1. The molecule has 1 amide bonds. The second-order valence-electron chi connectivity index (χ2n) is 6.49. The van der Waals surface area contributed by atoms with Gasteiger partial charge in [0.2, 0.25) is 5.91 Å². The van der Waals surface area contributed by atoms with Crippen molar-refractivity contribution in [3.05, 3.63) is 41.1 Å². The van der Waals surface area contributed by atoms with Crippen molar-refractivity contribution >= 4 is 22.8 Å². The molecular formula is C19H22N2O3. The maximum atomic E-state index is 12.6. The van der Waals surface area contributed by atoms with Gasteiger partial charge in [-0.1, -0.05) is 18.2 Å². The van der Waals surface area contributed by atoms with Crippen molar-refractivity contribution in [1.82, 2.24) is 9.88 Å². The molecule has 0 saturated carbocycles. The van der Waals surface area contributed by atoms with E-state index in [-0.39, 0.29) is 11.8 Å². The first-order valence-electron chi connectivity index (χ1n) is 8.32. The number of aliphatic carboxylic acids is 1. The van der Waals surface area contributed by atoms with Gasteiger partial charge in [0.05, 0.1) is 17.9 Å². The van der Waals surface area contributed by atoms with Crippen LogP contribution in [0.4, 0.5) is 0 Å². The molecule has 1 fully saturated rings. The van der Waals surface area contributed by atoms with Gasteiger partial charge in [-0.3, -0.25) is 14.6 Å². The van der Waals surface area contributed by atoms with Crippen LogP contribution in [-0.2, 0) is 16.0 Å². The third-order valence-electron chi connectivity index (χ3n) is 5.01. The van der Waals surface area contributed by atoms with E-state index in [0.29, 0.717) is 32.4 Å². The highest BCUT2D eigenvalue weighted by molar-refractivity contribution is 5.86. The van der Waals surface area contributed by atoms with Crippen LogP contribution in [-0.4, -0.2) is 40.0 Å². The van der Waals surface area contributed by atoms with Gasteiger partial charge in [-0.2, -0.15) is 0 Å². The summed E-state index contributed by atoms with van der Waals surface area (Å²) in [6.45, 7) is 5.03. The van der Waals surface area contributed by atoms with E-state index in [9.17, 15) is 9.59 Å². The molecule has 1 saturated heterocycles. The summed E-state index contributed by atoms with van der Waals surface area (Å²) in [6.07, 6.45) is 1.40. The molecule has 5 heteroatoms. The number of carboxylic acids is 1. The number of pyridine rings is 1. The van der Waals surface area contributed by atoms with Gasteiger partial charge in [-0.25, -0.2) is 0 Å². The number of rotatable bonds is 3. The van der Waals surface area contributed by atoms with Crippen molar-refractivity contribution in [2.24, 2.45) is 5.92 Å². The molecule has 1 aliphatic heterocycles. The highest BCUT2D eigenvalue weighted by Gasteiger charge is 2.27. The molecule has 0 aliphatic carbocycles. The predicted octanol–water partition coefficient (Wildman–Crippen LogP) is 2.72. The van der Waals surface area contributed by atoms with Crippen molar-refractivity contribution < 1.29 is 14.7 Å². The van der Waals surface area contributed by atoms with E-state index in [4.69, 9.17) is 5.11 Å². The smallest absolute Gasteiger partial charge is 0.306 e. The van der Waals surface area contributed by atoms with Crippen LogP contribution in [0, 0.1) is 19.8 Å². The zero-order valence-electron chi connectivity index (χ0n) is 14.1. The van der Waals surface area contributed by atoms with Gasteiger partial charge in [0.25, 0.3) is 0 Å². The SMILES string of the molecule is Cc1nc2ccccc2c(C)c1CC(=O)N1CCC(C(=O)O)CC1. The number of nitrogens with zero attached hydrogens (tertiary/aromatic N) is 2. The minimum atomic E-state index is -0.757. The van der Waals surface area contributed by atoms with E-state index >= 15 is 0 Å². The molecule has 0 unspecified atom stereocenters. The Hall–Kier alpha value is -2.43. The van der Waals surface area contributed by atoms with Gasteiger partial charge >= 0.3 is 5.97 Å². The summed E-state index contributed by atoms with van der Waals surface area (Å²) in [5.41, 5.74) is 3.93. The van der Waals surface area contributed by atoms with Crippen molar-refractivity contribution in [1.29, 1.82) is 0 Å². The quantitative estimate of drug-likeness (QED) is 0.941. The topological polar surface area (TPSA) is 70.5 Å². The molecule has 126 valence electrons. The normalized spacial score (nSPS) is 15.7. The van der Waals surface area contributed by atoms with Crippen LogP contribution >= 0.6 is 0 Å². The molecule has 2 aromatic rings. The number of para-hydroxylation sites is 1. The lowest BCUT2D eigenvalue weighted by molar-refractivity contribution is -0.145. The number of carbonyl (C=O) groups is 2. The molecule has 1 N–H and O–H groups in total. The summed E-state index contributed by atoms with van der Waals surface area (Å²) >= 11 is 0. The zero-order valence-corrected chi connectivity index (χ0v) is 14.1. The summed E-state index contributed by atoms with van der Waals surface area (Å²) < 4.78 is 0. The van der Waals surface area contributed by atoms with Gasteiger partial charge < -0.3 is 10.0 Å². The van der Waals surface area contributed by atoms with E-state index in [1.807, 2.05) is 38.1 Å². The number of amides is 1. The maximum absolute atomic E-state index is 12.6. The molecule has 0 spiro atoms. The Bertz CT molecular complexity index is 793. The third kappa shape index (κ3) is 3.11. The Morgan fingerprint density at radius 2 is 1.88 bits per heavy atom. The number of benzene rings is 1. The van der Waals surface area contributed by atoms with Crippen LogP contribution < -0.4 is 0 Å². The number of carbonyl (C=O) groups excluding carboxylic acids is 1. The highest BCUT2D eigenvalue weighted by Crippen LogP contribution is 2.24. The first-order chi connectivity index (χ1) is 11.5. The van der Waals surface area contributed by atoms with Crippen molar-refractivity contribution in [2.75, 3.05) is 13.1 Å². The van der Waals surface area contributed by atoms with E-state index < -0.39 is 5.97 Å². The van der Waals surface area contributed by atoms with Crippen molar-refractivity contribution in [2.45, 2.75) is 33.1 Å². The summed E-state index contributed by atoms with van der Waals surface area (Å²) in [5, 5.41) is 10.1. The lowest BCUT2D eigenvalue weighted by atomic mass is 9.95. The fraction of sp³-hybridized carbons (Fsp3) is 0.421. The molecule has 24 heavy (non-hydrogen) atoms. The molecule has 0 bridgehead atoms. The minimum absolute atomic E-state index is 0.0575. The summed E-state index contributed by atoms with van der Waals surface area (Å²) in [4.78, 5) is 30.1. The summed E-state index contributed by atoms with van der Waals surface area (Å²) in [6, 6.07) is 7.96. The maximum Gasteiger partial charge on any atom is 0.306 e. The number of aryl methyl sites for hydroxylation is 2. The van der Waals surface area contributed by atoms with Crippen molar-refractivity contribution in [3.63, 3.8) is 0 Å². The predicted molar refractivity (Wildman–Crippen MR) is 91.9 cm³/mol. The number of piperidine rings is 1. The molecule has 0 radical (unpaired) electrons. The molecule has 5 nitrogen and oxygen atoms in total. The largest absolute Gasteiger partial charge is 0.481 e. The number of fused-ring (bicyclic) bond motifs is 1. The Morgan fingerprint density at radius 3 is 2.54 bits per heavy atom. The number of likely N-dealkylation sites (tertiary alicyclic amines) is 1. The monoisotopic (exact) mass is 326 g/mol. The molecule has 1 aromatic heterocycles. The lowest BCUT2D eigenvalue weighted by Gasteiger charge is -2.30. The molecule has 1 aliphatic rings. The van der Waals surface area contributed by atoms with E-state index in [1.165, 1.54) is 0 Å². The van der Waals surface area contributed by atoms with Gasteiger partial charge in [0, 0.05) is 24.2 Å². The Kier molecular flexibility index (Phi) is 4.51. The fourth-order valence-corrected chi connectivity index (χ4v) is 3.47. The fourth-order valence-electron chi connectivity index (χ4n) is 3.47.